The van der Waals surface area contributed by atoms with E-state index in [0.717, 1.165) is 5.56 Å². The average molecular weight is 305 g/mol. The van der Waals surface area contributed by atoms with Crippen LogP contribution in [-0.4, -0.2) is 35.3 Å². The largest absolute Gasteiger partial charge is 0.484 e. The second-order valence-electron chi connectivity index (χ2n) is 4.58. The molecule has 0 saturated carbocycles. The second kappa shape index (κ2) is 6.02. The molecule has 1 aromatic carbocycles. The normalized spacial score (nSPS) is 14.1. The standard InChI is InChI=1S/C13H14F3NO4/c1-8-4-3-5-9(6-8)21-7-10(18)17-12(2,11(19)20)13(14,15)16/h3-6H,7H2,1-2H3,(H,17,18)(H,19,20). The summed E-state index contributed by atoms with van der Waals surface area (Å²) in [4.78, 5) is 22.2. The molecule has 0 bridgehead atoms. The SMILES string of the molecule is Cc1cccc(OCC(=O)NC(C)(C(=O)O)C(F)(F)F)c1. The Balaban J connectivity index is 2.70. The Labute approximate surface area is 118 Å². The van der Waals surface area contributed by atoms with E-state index in [9.17, 15) is 22.8 Å². The van der Waals surface area contributed by atoms with Gasteiger partial charge in [0, 0.05) is 0 Å². The quantitative estimate of drug-likeness (QED) is 0.871. The summed E-state index contributed by atoms with van der Waals surface area (Å²) < 4.78 is 43.1. The highest BCUT2D eigenvalue weighted by molar-refractivity contribution is 5.88. The summed E-state index contributed by atoms with van der Waals surface area (Å²) in [6.07, 6.45) is -5.13. The molecule has 1 aromatic rings. The molecule has 5 nitrogen and oxygen atoms in total. The van der Waals surface area contributed by atoms with Crippen molar-refractivity contribution in [3.63, 3.8) is 0 Å². The molecule has 0 heterocycles. The van der Waals surface area contributed by atoms with Crippen molar-refractivity contribution in [3.05, 3.63) is 29.8 Å². The van der Waals surface area contributed by atoms with Gasteiger partial charge >= 0.3 is 12.1 Å². The molecule has 0 aliphatic heterocycles. The van der Waals surface area contributed by atoms with Gasteiger partial charge in [-0.05, 0) is 31.5 Å². The summed E-state index contributed by atoms with van der Waals surface area (Å²) in [5.41, 5.74) is -2.52. The van der Waals surface area contributed by atoms with Crippen molar-refractivity contribution < 1.29 is 32.6 Å². The molecule has 0 fully saturated rings. The number of hydrogen-bond acceptors (Lipinski definition) is 3. The van der Waals surface area contributed by atoms with Crippen LogP contribution in [-0.2, 0) is 9.59 Å². The fourth-order valence-corrected chi connectivity index (χ4v) is 1.41. The summed E-state index contributed by atoms with van der Waals surface area (Å²) in [6.45, 7) is 1.43. The zero-order chi connectivity index (χ0) is 16.3. The lowest BCUT2D eigenvalue weighted by atomic mass is 10.0. The van der Waals surface area contributed by atoms with Crippen molar-refractivity contribution >= 4 is 11.9 Å². The molecule has 2 N–H and O–H groups in total. The number of aryl methyl sites for hydroxylation is 1. The Hall–Kier alpha value is -2.25. The van der Waals surface area contributed by atoms with E-state index in [1.165, 1.54) is 11.4 Å². The van der Waals surface area contributed by atoms with Crippen LogP contribution < -0.4 is 10.1 Å². The van der Waals surface area contributed by atoms with E-state index in [-0.39, 0.29) is 0 Å². The van der Waals surface area contributed by atoms with Crippen LogP contribution in [0.2, 0.25) is 0 Å². The van der Waals surface area contributed by atoms with Crippen LogP contribution in [0.25, 0.3) is 0 Å². The first-order valence-electron chi connectivity index (χ1n) is 5.87. The van der Waals surface area contributed by atoms with Gasteiger partial charge in [0.05, 0.1) is 0 Å². The minimum Gasteiger partial charge on any atom is -0.484 e. The molecule has 21 heavy (non-hydrogen) atoms. The van der Waals surface area contributed by atoms with Gasteiger partial charge in [-0.3, -0.25) is 4.79 Å². The predicted molar refractivity (Wildman–Crippen MR) is 66.9 cm³/mol. The number of nitrogens with one attached hydrogen (secondary N) is 1. The lowest BCUT2D eigenvalue weighted by Crippen LogP contribution is -2.62. The van der Waals surface area contributed by atoms with E-state index >= 15 is 0 Å². The number of amides is 1. The van der Waals surface area contributed by atoms with Crippen molar-refractivity contribution in [3.8, 4) is 5.75 Å². The van der Waals surface area contributed by atoms with Gasteiger partial charge < -0.3 is 15.2 Å². The van der Waals surface area contributed by atoms with Gasteiger partial charge in [0.15, 0.2) is 6.61 Å². The number of benzene rings is 1. The molecule has 116 valence electrons. The first-order valence-corrected chi connectivity index (χ1v) is 5.87. The third-order valence-electron chi connectivity index (χ3n) is 2.74. The van der Waals surface area contributed by atoms with Crippen molar-refractivity contribution in [2.24, 2.45) is 0 Å². The van der Waals surface area contributed by atoms with E-state index in [0.29, 0.717) is 12.7 Å². The molecule has 1 unspecified atom stereocenters. The number of aliphatic carboxylic acids is 1. The second-order valence-corrected chi connectivity index (χ2v) is 4.58. The molecule has 0 aromatic heterocycles. The minimum absolute atomic E-state index is 0.300. The maximum Gasteiger partial charge on any atom is 0.422 e. The number of rotatable bonds is 5. The summed E-state index contributed by atoms with van der Waals surface area (Å²) in [5, 5.41) is 10.1. The van der Waals surface area contributed by atoms with Crippen LogP contribution >= 0.6 is 0 Å². The highest BCUT2D eigenvalue weighted by Crippen LogP contribution is 2.30. The lowest BCUT2D eigenvalue weighted by Gasteiger charge is -2.28. The van der Waals surface area contributed by atoms with Gasteiger partial charge in [-0.15, -0.1) is 0 Å². The molecule has 1 rings (SSSR count). The fourth-order valence-electron chi connectivity index (χ4n) is 1.41. The van der Waals surface area contributed by atoms with E-state index < -0.39 is 30.2 Å². The van der Waals surface area contributed by atoms with Crippen LogP contribution in [0, 0.1) is 6.92 Å². The van der Waals surface area contributed by atoms with E-state index in [2.05, 4.69) is 0 Å². The maximum atomic E-state index is 12.7. The van der Waals surface area contributed by atoms with Crippen molar-refractivity contribution in [1.82, 2.24) is 5.32 Å². The highest BCUT2D eigenvalue weighted by Gasteiger charge is 2.58. The zero-order valence-corrected chi connectivity index (χ0v) is 11.3. The minimum atomic E-state index is -5.13. The van der Waals surface area contributed by atoms with Gasteiger partial charge in [-0.1, -0.05) is 12.1 Å². The number of alkyl halides is 3. The number of halogens is 3. The van der Waals surface area contributed by atoms with Crippen LogP contribution in [0.3, 0.4) is 0 Å². The Morgan fingerprint density at radius 1 is 1.33 bits per heavy atom. The monoisotopic (exact) mass is 305 g/mol. The molecule has 8 heteroatoms. The Bertz CT molecular complexity index is 544. The highest BCUT2D eigenvalue weighted by atomic mass is 19.4. The molecule has 0 radical (unpaired) electrons. The predicted octanol–water partition coefficient (Wildman–Crippen LogP) is 1.90. The molecular weight excluding hydrogens is 291 g/mol. The third kappa shape index (κ3) is 4.11. The number of carboxylic acid groups (broad SMARTS) is 1. The van der Waals surface area contributed by atoms with Gasteiger partial charge in [0.2, 0.25) is 5.54 Å². The van der Waals surface area contributed by atoms with E-state index in [4.69, 9.17) is 9.84 Å². The number of carbonyl (C=O) groups is 2. The van der Waals surface area contributed by atoms with Gasteiger partial charge in [0.25, 0.3) is 5.91 Å². The van der Waals surface area contributed by atoms with Crippen LogP contribution in [0.5, 0.6) is 5.75 Å². The van der Waals surface area contributed by atoms with Crippen LogP contribution in [0.15, 0.2) is 24.3 Å². The number of ether oxygens (including phenoxy) is 1. The number of carboxylic acids is 1. The number of carbonyl (C=O) groups excluding carboxylic acids is 1. The summed E-state index contributed by atoms with van der Waals surface area (Å²) in [6, 6.07) is 6.55. The summed E-state index contributed by atoms with van der Waals surface area (Å²) >= 11 is 0. The van der Waals surface area contributed by atoms with Gasteiger partial charge in [-0.2, -0.15) is 13.2 Å². The molecule has 0 aliphatic rings. The Kier molecular flexibility index (Phi) is 4.82. The Morgan fingerprint density at radius 3 is 2.43 bits per heavy atom. The van der Waals surface area contributed by atoms with Crippen molar-refractivity contribution in [2.45, 2.75) is 25.6 Å². The topological polar surface area (TPSA) is 75.6 Å². The Morgan fingerprint density at radius 2 is 1.95 bits per heavy atom. The third-order valence-corrected chi connectivity index (χ3v) is 2.74. The van der Waals surface area contributed by atoms with Crippen LogP contribution in [0.1, 0.15) is 12.5 Å². The molecular formula is C13H14F3NO4. The molecule has 0 saturated heterocycles. The summed E-state index contributed by atoms with van der Waals surface area (Å²) in [7, 11) is 0. The lowest BCUT2D eigenvalue weighted by molar-refractivity contribution is -0.207. The first kappa shape index (κ1) is 16.8. The average Bonchev–Trinajstić information content (AvgIpc) is 2.34. The molecule has 0 spiro atoms. The van der Waals surface area contributed by atoms with E-state index in [1.54, 1.807) is 25.1 Å². The zero-order valence-electron chi connectivity index (χ0n) is 11.3. The molecule has 1 amide bonds. The van der Waals surface area contributed by atoms with Gasteiger partial charge in [-0.25, -0.2) is 4.79 Å². The fraction of sp³-hybridized carbons (Fsp3) is 0.385. The maximum absolute atomic E-state index is 12.7. The van der Waals surface area contributed by atoms with E-state index in [1.807, 2.05) is 0 Å². The van der Waals surface area contributed by atoms with Crippen molar-refractivity contribution in [2.75, 3.05) is 6.61 Å². The molecule has 0 aliphatic carbocycles. The molecule has 1 atom stereocenters. The van der Waals surface area contributed by atoms with Crippen LogP contribution in [0.4, 0.5) is 13.2 Å². The summed E-state index contributed by atoms with van der Waals surface area (Å²) in [5.74, 6) is -3.08. The van der Waals surface area contributed by atoms with Crippen molar-refractivity contribution in [1.29, 1.82) is 0 Å². The van der Waals surface area contributed by atoms with Gasteiger partial charge in [0.1, 0.15) is 5.75 Å². The first-order chi connectivity index (χ1) is 9.56. The smallest absolute Gasteiger partial charge is 0.422 e. The number of hydrogen-bond donors (Lipinski definition) is 2.